The normalized spacial score (nSPS) is 12.8. The van der Waals surface area contributed by atoms with Gasteiger partial charge in [0.05, 0.1) is 0 Å². The molecule has 0 heterocycles. The van der Waals surface area contributed by atoms with Crippen molar-refractivity contribution in [1.29, 1.82) is 0 Å². The zero-order valence-corrected chi connectivity index (χ0v) is 20.7. The van der Waals surface area contributed by atoms with E-state index in [4.69, 9.17) is 0 Å². The van der Waals surface area contributed by atoms with Crippen molar-refractivity contribution < 1.29 is 0 Å². The van der Waals surface area contributed by atoms with Crippen LogP contribution in [0.15, 0.2) is 30.0 Å². The van der Waals surface area contributed by atoms with E-state index in [0.29, 0.717) is 0 Å². The molecule has 0 aromatic rings. The molecule has 0 aromatic heterocycles. The molecular formula is C19H42N10. The Morgan fingerprint density at radius 2 is 0.793 bits per heavy atom. The Hall–Kier alpha value is -2.62. The van der Waals surface area contributed by atoms with Gasteiger partial charge in [-0.3, -0.25) is 20.0 Å². The summed E-state index contributed by atoms with van der Waals surface area (Å²) in [6.45, 7) is 5.80. The van der Waals surface area contributed by atoms with E-state index in [0.717, 1.165) is 17.5 Å². The number of hydrogen-bond acceptors (Lipinski definition) is 4. The van der Waals surface area contributed by atoms with Crippen LogP contribution in [-0.4, -0.2) is 127 Å². The molecule has 0 aliphatic rings. The second kappa shape index (κ2) is 20.1. The Bertz CT molecular complexity index is 538. The minimum atomic E-state index is 0.917. The molecule has 0 aliphatic carbocycles. The van der Waals surface area contributed by atoms with Gasteiger partial charge in [0.25, 0.3) is 0 Å². The Kier molecular flexibility index (Phi) is 21.6. The molecule has 0 aromatic carbocycles. The molecule has 0 spiro atoms. The quantitative estimate of drug-likeness (QED) is 0.401. The highest BCUT2D eigenvalue weighted by atomic mass is 15.6. The van der Waals surface area contributed by atoms with E-state index < -0.39 is 0 Å². The minimum Gasteiger partial charge on any atom is -0.366 e. The number of rotatable bonds is 4. The summed E-state index contributed by atoms with van der Waals surface area (Å²) < 4.78 is 0. The average Bonchev–Trinajstić information content (AvgIpc) is 2.68. The standard InChI is InChI=1S/C7H16N4.2C6H13N3/c1-7(9-6-8-2)11(5)10(3)4;2*1-6(9(3)4)8-5-7-2/h6H,1-5H3;2*5H,1-4H3. The number of hydrazine groups is 1. The molecule has 0 atom stereocenters. The van der Waals surface area contributed by atoms with Crippen molar-refractivity contribution in [3.63, 3.8) is 0 Å². The van der Waals surface area contributed by atoms with Crippen LogP contribution in [0.3, 0.4) is 0 Å². The third-order valence-corrected chi connectivity index (χ3v) is 3.44. The van der Waals surface area contributed by atoms with Crippen LogP contribution in [0.4, 0.5) is 0 Å². The van der Waals surface area contributed by atoms with Gasteiger partial charge in [0, 0.05) is 70.5 Å². The third-order valence-electron chi connectivity index (χ3n) is 3.44. The summed E-state index contributed by atoms with van der Waals surface area (Å²) in [5.41, 5.74) is 0. The maximum atomic E-state index is 4.07. The van der Waals surface area contributed by atoms with Crippen molar-refractivity contribution in [3.8, 4) is 0 Å². The third kappa shape index (κ3) is 21.5. The van der Waals surface area contributed by atoms with Gasteiger partial charge >= 0.3 is 0 Å². The maximum Gasteiger partial charge on any atom is 0.117 e. The smallest absolute Gasteiger partial charge is 0.117 e. The first-order valence-corrected chi connectivity index (χ1v) is 9.06. The molecule has 10 nitrogen and oxygen atoms in total. The summed E-state index contributed by atoms with van der Waals surface area (Å²) >= 11 is 0. The lowest BCUT2D eigenvalue weighted by Gasteiger charge is -2.25. The Labute approximate surface area is 178 Å². The molecule has 0 N–H and O–H groups in total. The van der Waals surface area contributed by atoms with Gasteiger partial charge in [-0.05, 0) is 20.8 Å². The fraction of sp³-hybridized carbons (Fsp3) is 0.684. The SMILES string of the molecule is CN=CN=C(C)N(C)C.CN=CN=C(C)N(C)C.CN=CN=C(C)N(C)N(C)C. The molecule has 0 bridgehead atoms. The summed E-state index contributed by atoms with van der Waals surface area (Å²) in [5, 5.41) is 3.88. The predicted molar refractivity (Wildman–Crippen MR) is 131 cm³/mol. The molecule has 0 saturated heterocycles. The second-order valence-electron chi connectivity index (χ2n) is 6.31. The first kappa shape index (κ1) is 31.1. The van der Waals surface area contributed by atoms with Crippen molar-refractivity contribution in [3.05, 3.63) is 0 Å². The average molecular weight is 411 g/mol. The summed E-state index contributed by atoms with van der Waals surface area (Å²) in [6, 6.07) is 0. The van der Waals surface area contributed by atoms with Crippen molar-refractivity contribution in [1.82, 2.24) is 19.8 Å². The monoisotopic (exact) mass is 410 g/mol. The number of aliphatic imine (C=N–C) groups is 6. The van der Waals surface area contributed by atoms with Crippen molar-refractivity contribution >= 4 is 36.5 Å². The van der Waals surface area contributed by atoms with Crippen molar-refractivity contribution in [2.45, 2.75) is 20.8 Å². The Morgan fingerprint density at radius 3 is 1.00 bits per heavy atom. The summed E-state index contributed by atoms with van der Waals surface area (Å²) in [7, 11) is 18.8. The van der Waals surface area contributed by atoms with Crippen molar-refractivity contribution in [2.24, 2.45) is 30.0 Å². The van der Waals surface area contributed by atoms with E-state index in [9.17, 15) is 0 Å². The molecule has 0 unspecified atom stereocenters. The van der Waals surface area contributed by atoms with E-state index in [2.05, 4.69) is 30.0 Å². The number of nitrogens with zero attached hydrogens (tertiary/aromatic N) is 10. The lowest BCUT2D eigenvalue weighted by molar-refractivity contribution is 0.144. The van der Waals surface area contributed by atoms with Crippen LogP contribution >= 0.6 is 0 Å². The van der Waals surface area contributed by atoms with Gasteiger partial charge in [-0.2, -0.15) is 0 Å². The predicted octanol–water partition coefficient (Wildman–Crippen LogP) is 1.72. The zero-order chi connectivity index (χ0) is 23.4. The van der Waals surface area contributed by atoms with Crippen LogP contribution in [0, 0.1) is 0 Å². The second-order valence-corrected chi connectivity index (χ2v) is 6.31. The Balaban J connectivity index is -0.000000352. The van der Waals surface area contributed by atoms with Gasteiger partial charge in [0.2, 0.25) is 0 Å². The van der Waals surface area contributed by atoms with Gasteiger partial charge in [0.1, 0.15) is 36.5 Å². The molecular weight excluding hydrogens is 368 g/mol. The molecule has 0 radical (unpaired) electrons. The molecule has 0 saturated carbocycles. The van der Waals surface area contributed by atoms with Gasteiger partial charge in [-0.25, -0.2) is 20.0 Å². The molecule has 0 fully saturated rings. The Morgan fingerprint density at radius 1 is 0.517 bits per heavy atom. The van der Waals surface area contributed by atoms with Gasteiger partial charge in [0.15, 0.2) is 0 Å². The van der Waals surface area contributed by atoms with E-state index in [-0.39, 0.29) is 0 Å². The highest BCUT2D eigenvalue weighted by Crippen LogP contribution is 1.88. The maximum absolute atomic E-state index is 4.07. The molecule has 0 aliphatic heterocycles. The summed E-state index contributed by atoms with van der Waals surface area (Å²) in [6.07, 6.45) is 4.61. The highest BCUT2D eigenvalue weighted by Gasteiger charge is 1.99. The molecule has 29 heavy (non-hydrogen) atoms. The first-order valence-electron chi connectivity index (χ1n) is 9.06. The lowest BCUT2D eigenvalue weighted by atomic mass is 10.6. The highest BCUT2D eigenvalue weighted by molar-refractivity contribution is 5.87. The first-order chi connectivity index (χ1) is 13.5. The van der Waals surface area contributed by atoms with Crippen LogP contribution in [0.5, 0.6) is 0 Å². The zero-order valence-electron chi connectivity index (χ0n) is 20.7. The van der Waals surface area contributed by atoms with E-state index >= 15 is 0 Å². The molecule has 0 rings (SSSR count). The molecule has 10 heteroatoms. The largest absolute Gasteiger partial charge is 0.366 e. The fourth-order valence-electron chi connectivity index (χ4n) is 1.03. The number of hydrogen-bond donors (Lipinski definition) is 0. The topological polar surface area (TPSA) is 87.1 Å². The van der Waals surface area contributed by atoms with Gasteiger partial charge in [-0.1, -0.05) is 0 Å². The lowest BCUT2D eigenvalue weighted by Crippen LogP contribution is -2.36. The molecule has 0 amide bonds. The van der Waals surface area contributed by atoms with Gasteiger partial charge in [-0.15, -0.1) is 0 Å². The summed E-state index contributed by atoms with van der Waals surface area (Å²) in [5.74, 6) is 2.84. The van der Waals surface area contributed by atoms with Crippen LogP contribution in [0.1, 0.15) is 20.8 Å². The van der Waals surface area contributed by atoms with Crippen molar-refractivity contribution in [2.75, 3.05) is 70.5 Å². The van der Waals surface area contributed by atoms with E-state index in [1.54, 1.807) is 21.1 Å². The van der Waals surface area contributed by atoms with Crippen LogP contribution in [0.25, 0.3) is 0 Å². The van der Waals surface area contributed by atoms with Crippen LogP contribution < -0.4 is 0 Å². The van der Waals surface area contributed by atoms with Crippen LogP contribution in [0.2, 0.25) is 0 Å². The summed E-state index contributed by atoms with van der Waals surface area (Å²) in [4.78, 5) is 27.1. The van der Waals surface area contributed by atoms with E-state index in [1.165, 1.54) is 19.0 Å². The van der Waals surface area contributed by atoms with Crippen LogP contribution in [-0.2, 0) is 0 Å². The number of amidine groups is 3. The van der Waals surface area contributed by atoms with Gasteiger partial charge < -0.3 is 9.80 Å². The van der Waals surface area contributed by atoms with E-state index in [1.807, 2.05) is 89.9 Å². The minimum absolute atomic E-state index is 0.917. The molecule has 168 valence electrons. The fourth-order valence-corrected chi connectivity index (χ4v) is 1.03.